The zero-order valence-electron chi connectivity index (χ0n) is 16.8. The lowest BCUT2D eigenvalue weighted by molar-refractivity contribution is -0.170. The first kappa shape index (κ1) is 22.1. The van der Waals surface area contributed by atoms with Crippen LogP contribution in [0, 0.1) is 0 Å². The minimum atomic E-state index is -1.53. The van der Waals surface area contributed by atoms with E-state index in [0.717, 1.165) is 0 Å². The lowest BCUT2D eigenvalue weighted by Gasteiger charge is -2.32. The first-order chi connectivity index (χ1) is 13.9. The van der Waals surface area contributed by atoms with E-state index in [4.69, 9.17) is 9.47 Å². The van der Waals surface area contributed by atoms with E-state index in [1.54, 1.807) is 69.3 Å². The monoisotopic (exact) mass is 398 g/mol. The fourth-order valence-corrected chi connectivity index (χ4v) is 2.88. The molecule has 0 fully saturated rings. The molecule has 0 saturated carbocycles. The lowest BCUT2D eigenvalue weighted by Crippen LogP contribution is -2.46. The Labute approximate surface area is 170 Å². The molecule has 0 saturated heterocycles. The highest BCUT2D eigenvalue weighted by molar-refractivity contribution is 5.96. The number of amides is 3. The number of esters is 1. The molecule has 2 aromatic rings. The summed E-state index contributed by atoms with van der Waals surface area (Å²) in [6.07, 6.45) is 0. The van der Waals surface area contributed by atoms with Crippen LogP contribution in [-0.2, 0) is 24.7 Å². The number of imide groups is 1. The second kappa shape index (κ2) is 10.4. The Kier molecular flexibility index (Phi) is 7.91. The van der Waals surface area contributed by atoms with Gasteiger partial charge in [0.15, 0.2) is 6.61 Å². The molecule has 0 radical (unpaired) electrons. The normalized spacial score (nSPS) is 11.0. The Hall–Kier alpha value is -3.19. The van der Waals surface area contributed by atoms with Crippen molar-refractivity contribution in [2.24, 2.45) is 0 Å². The molecule has 2 N–H and O–H groups in total. The first-order valence-corrected chi connectivity index (χ1v) is 9.42. The van der Waals surface area contributed by atoms with Crippen LogP contribution in [0.1, 0.15) is 31.9 Å². The van der Waals surface area contributed by atoms with Gasteiger partial charge in [0.2, 0.25) is 5.60 Å². The van der Waals surface area contributed by atoms with Crippen LogP contribution in [0.2, 0.25) is 0 Å². The second-order valence-corrected chi connectivity index (χ2v) is 6.60. The van der Waals surface area contributed by atoms with Crippen molar-refractivity contribution in [1.82, 2.24) is 10.6 Å². The quantitative estimate of drug-likeness (QED) is 0.667. The minimum Gasteiger partial charge on any atom is -0.453 e. The standard InChI is InChI=1S/C22H26N2O5/c1-4-29-22(17-11-7-5-8-12-17,18-13-9-6-10-14-18)20(26)28-15-19(25)24-21(27)23-16(2)3/h5-14,16H,4,15H2,1-3H3,(H2,23,24,25,27). The van der Waals surface area contributed by atoms with E-state index in [1.807, 2.05) is 12.1 Å². The summed E-state index contributed by atoms with van der Waals surface area (Å²) >= 11 is 0. The third-order valence-corrected chi connectivity index (χ3v) is 4.02. The SMILES string of the molecule is CCOC(C(=O)OCC(=O)NC(=O)NC(C)C)(c1ccccc1)c1ccccc1. The molecule has 2 rings (SSSR count). The van der Waals surface area contributed by atoms with Gasteiger partial charge in [-0.15, -0.1) is 0 Å². The Bertz CT molecular complexity index is 782. The maximum Gasteiger partial charge on any atom is 0.348 e. The number of ether oxygens (including phenoxy) is 2. The molecule has 0 bridgehead atoms. The van der Waals surface area contributed by atoms with E-state index in [-0.39, 0.29) is 12.6 Å². The lowest BCUT2D eigenvalue weighted by atomic mass is 9.86. The van der Waals surface area contributed by atoms with Crippen molar-refractivity contribution in [2.75, 3.05) is 13.2 Å². The second-order valence-electron chi connectivity index (χ2n) is 6.60. The number of carbonyl (C=O) groups excluding carboxylic acids is 3. The minimum absolute atomic E-state index is 0.132. The summed E-state index contributed by atoms with van der Waals surface area (Å²) in [5, 5.41) is 4.65. The zero-order chi connectivity index (χ0) is 21.3. The average Bonchev–Trinajstić information content (AvgIpc) is 2.71. The highest BCUT2D eigenvalue weighted by atomic mass is 16.6. The van der Waals surface area contributed by atoms with Gasteiger partial charge in [-0.25, -0.2) is 9.59 Å². The molecule has 7 heteroatoms. The van der Waals surface area contributed by atoms with Crippen LogP contribution in [0.5, 0.6) is 0 Å². The van der Waals surface area contributed by atoms with Gasteiger partial charge in [-0.05, 0) is 31.9 Å². The van der Waals surface area contributed by atoms with E-state index in [9.17, 15) is 14.4 Å². The maximum absolute atomic E-state index is 13.2. The largest absolute Gasteiger partial charge is 0.453 e. The third kappa shape index (κ3) is 5.65. The van der Waals surface area contributed by atoms with Gasteiger partial charge in [-0.3, -0.25) is 10.1 Å². The van der Waals surface area contributed by atoms with Gasteiger partial charge in [-0.2, -0.15) is 0 Å². The van der Waals surface area contributed by atoms with Gasteiger partial charge in [0.25, 0.3) is 5.91 Å². The Morgan fingerprint density at radius 1 is 0.931 bits per heavy atom. The summed E-state index contributed by atoms with van der Waals surface area (Å²) < 4.78 is 11.2. The van der Waals surface area contributed by atoms with E-state index in [0.29, 0.717) is 11.1 Å². The highest BCUT2D eigenvalue weighted by Gasteiger charge is 2.45. The summed E-state index contributed by atoms with van der Waals surface area (Å²) in [5.41, 5.74) is -0.371. The molecule has 0 aliphatic carbocycles. The Balaban J connectivity index is 2.26. The van der Waals surface area contributed by atoms with Crippen molar-refractivity contribution in [2.45, 2.75) is 32.4 Å². The summed E-state index contributed by atoms with van der Waals surface area (Å²) in [6.45, 7) is 4.93. The molecule has 29 heavy (non-hydrogen) atoms. The molecular formula is C22H26N2O5. The summed E-state index contributed by atoms with van der Waals surface area (Å²) in [4.78, 5) is 36.8. The van der Waals surface area contributed by atoms with Crippen LogP contribution in [0.25, 0.3) is 0 Å². The van der Waals surface area contributed by atoms with Crippen molar-refractivity contribution in [3.05, 3.63) is 71.8 Å². The number of rotatable bonds is 8. The molecule has 2 aromatic carbocycles. The number of hydrogen-bond donors (Lipinski definition) is 2. The van der Waals surface area contributed by atoms with Gasteiger partial charge >= 0.3 is 12.0 Å². The predicted molar refractivity (Wildman–Crippen MR) is 108 cm³/mol. The van der Waals surface area contributed by atoms with Gasteiger partial charge in [0.05, 0.1) is 0 Å². The van der Waals surface area contributed by atoms with Crippen LogP contribution in [-0.4, -0.2) is 37.2 Å². The molecule has 0 aromatic heterocycles. The zero-order valence-corrected chi connectivity index (χ0v) is 16.8. The van der Waals surface area contributed by atoms with E-state index in [1.165, 1.54) is 0 Å². The molecule has 0 aliphatic rings. The van der Waals surface area contributed by atoms with Gasteiger partial charge in [0, 0.05) is 12.6 Å². The molecule has 0 atom stereocenters. The summed E-state index contributed by atoms with van der Waals surface area (Å²) in [5.74, 6) is -1.47. The van der Waals surface area contributed by atoms with Crippen LogP contribution >= 0.6 is 0 Å². The molecule has 154 valence electrons. The molecule has 3 amide bonds. The van der Waals surface area contributed by atoms with Crippen LogP contribution in [0.3, 0.4) is 0 Å². The van der Waals surface area contributed by atoms with Crippen molar-refractivity contribution in [1.29, 1.82) is 0 Å². The molecule has 0 spiro atoms. The first-order valence-electron chi connectivity index (χ1n) is 9.42. The number of urea groups is 1. The predicted octanol–water partition coefficient (Wildman–Crippen LogP) is 2.74. The van der Waals surface area contributed by atoms with Gasteiger partial charge in [-0.1, -0.05) is 60.7 Å². The Morgan fingerprint density at radius 3 is 1.90 bits per heavy atom. The van der Waals surface area contributed by atoms with Crippen molar-refractivity contribution in [3.8, 4) is 0 Å². The van der Waals surface area contributed by atoms with Crippen LogP contribution in [0.4, 0.5) is 4.79 Å². The topological polar surface area (TPSA) is 93.7 Å². The number of carbonyl (C=O) groups is 3. The Morgan fingerprint density at radius 2 is 1.45 bits per heavy atom. The van der Waals surface area contributed by atoms with E-state index in [2.05, 4.69) is 10.6 Å². The highest BCUT2D eigenvalue weighted by Crippen LogP contribution is 2.35. The summed E-state index contributed by atoms with van der Waals surface area (Å²) in [7, 11) is 0. The maximum atomic E-state index is 13.2. The third-order valence-electron chi connectivity index (χ3n) is 4.02. The van der Waals surface area contributed by atoms with Crippen molar-refractivity contribution < 1.29 is 23.9 Å². The fourth-order valence-electron chi connectivity index (χ4n) is 2.88. The van der Waals surface area contributed by atoms with E-state index >= 15 is 0 Å². The van der Waals surface area contributed by atoms with Crippen molar-refractivity contribution >= 4 is 17.9 Å². The molecule has 0 unspecified atom stereocenters. The van der Waals surface area contributed by atoms with Gasteiger partial charge in [0.1, 0.15) is 0 Å². The molecule has 0 heterocycles. The number of nitrogens with one attached hydrogen (secondary N) is 2. The number of hydrogen-bond acceptors (Lipinski definition) is 5. The average molecular weight is 398 g/mol. The van der Waals surface area contributed by atoms with Crippen LogP contribution < -0.4 is 10.6 Å². The molecule has 0 aliphatic heterocycles. The smallest absolute Gasteiger partial charge is 0.348 e. The van der Waals surface area contributed by atoms with E-state index < -0.39 is 30.1 Å². The van der Waals surface area contributed by atoms with Gasteiger partial charge < -0.3 is 14.8 Å². The van der Waals surface area contributed by atoms with Crippen LogP contribution in [0.15, 0.2) is 60.7 Å². The number of benzene rings is 2. The molecular weight excluding hydrogens is 372 g/mol. The van der Waals surface area contributed by atoms with Crippen molar-refractivity contribution in [3.63, 3.8) is 0 Å². The molecule has 7 nitrogen and oxygen atoms in total. The fraction of sp³-hybridized carbons (Fsp3) is 0.318. The summed E-state index contributed by atoms with van der Waals surface area (Å²) in [6, 6.07) is 17.1.